The molecule has 26 heavy (non-hydrogen) atoms. The van der Waals surface area contributed by atoms with E-state index in [1.54, 1.807) is 22.8 Å². The number of nitrogens with zero attached hydrogens (tertiary/aromatic N) is 4. The van der Waals surface area contributed by atoms with Crippen LogP contribution in [-0.2, 0) is 18.4 Å². The summed E-state index contributed by atoms with van der Waals surface area (Å²) in [6.07, 6.45) is 4.10. The van der Waals surface area contributed by atoms with Gasteiger partial charge in [0.2, 0.25) is 5.91 Å². The summed E-state index contributed by atoms with van der Waals surface area (Å²) >= 11 is 7.60. The minimum Gasteiger partial charge on any atom is -0.354 e. The Hall–Kier alpha value is -1.93. The Labute approximate surface area is 161 Å². The molecule has 2 aromatic heterocycles. The van der Waals surface area contributed by atoms with Gasteiger partial charge in [0.15, 0.2) is 0 Å². The Morgan fingerprint density at radius 3 is 2.85 bits per heavy atom. The maximum Gasteiger partial charge on any atom is 0.266 e. The smallest absolute Gasteiger partial charge is 0.266 e. The molecular weight excluding hydrogens is 374 g/mol. The minimum atomic E-state index is -0.537. The number of carbonyl (C=O) groups excluding carboxylic acids is 2. The number of aromatic nitrogens is 3. The van der Waals surface area contributed by atoms with Gasteiger partial charge < -0.3 is 10.2 Å². The van der Waals surface area contributed by atoms with E-state index >= 15 is 0 Å². The molecule has 1 aliphatic heterocycles. The second-order valence-electron chi connectivity index (χ2n) is 6.48. The fraction of sp³-hybridized carbons (Fsp3) is 0.529. The fourth-order valence-corrected chi connectivity index (χ4v) is 4.29. The molecule has 0 spiro atoms. The van der Waals surface area contributed by atoms with Gasteiger partial charge in [0.1, 0.15) is 16.6 Å². The molecule has 2 aromatic rings. The van der Waals surface area contributed by atoms with E-state index < -0.39 is 6.04 Å². The van der Waals surface area contributed by atoms with Crippen LogP contribution in [0.2, 0.25) is 5.02 Å². The highest BCUT2D eigenvalue weighted by molar-refractivity contribution is 7.13. The van der Waals surface area contributed by atoms with Crippen molar-refractivity contribution in [2.24, 2.45) is 7.05 Å². The third kappa shape index (κ3) is 3.91. The second kappa shape index (κ2) is 7.75. The molecule has 0 bridgehead atoms. The monoisotopic (exact) mass is 395 g/mol. The van der Waals surface area contributed by atoms with Crippen LogP contribution in [0.25, 0.3) is 0 Å². The van der Waals surface area contributed by atoms with Gasteiger partial charge in [-0.25, -0.2) is 4.98 Å². The van der Waals surface area contributed by atoms with Gasteiger partial charge in [-0.2, -0.15) is 5.10 Å². The molecule has 1 saturated heterocycles. The Morgan fingerprint density at radius 2 is 2.23 bits per heavy atom. The average molecular weight is 396 g/mol. The van der Waals surface area contributed by atoms with Crippen molar-refractivity contribution in [2.45, 2.75) is 45.7 Å². The maximum absolute atomic E-state index is 13.3. The summed E-state index contributed by atoms with van der Waals surface area (Å²) < 4.78 is 1.61. The van der Waals surface area contributed by atoms with E-state index in [0.717, 1.165) is 17.8 Å². The second-order valence-corrected chi connectivity index (χ2v) is 8.09. The molecule has 7 nitrogen and oxygen atoms in total. The van der Waals surface area contributed by atoms with Crippen molar-refractivity contribution >= 4 is 34.8 Å². The first-order valence-electron chi connectivity index (χ1n) is 8.57. The van der Waals surface area contributed by atoms with Gasteiger partial charge in [0.25, 0.3) is 5.91 Å². The molecule has 0 aromatic carbocycles. The zero-order valence-electron chi connectivity index (χ0n) is 15.1. The summed E-state index contributed by atoms with van der Waals surface area (Å²) in [6, 6.07) is -0.537. The number of hydrogen-bond acceptors (Lipinski definition) is 5. The normalized spacial score (nSPS) is 17.7. The molecule has 0 aliphatic carbocycles. The molecule has 3 rings (SSSR count). The van der Waals surface area contributed by atoms with Gasteiger partial charge in [-0.1, -0.05) is 11.6 Å². The van der Waals surface area contributed by atoms with Crippen LogP contribution < -0.4 is 5.32 Å². The van der Waals surface area contributed by atoms with Gasteiger partial charge in [-0.3, -0.25) is 14.3 Å². The van der Waals surface area contributed by atoms with Crippen LogP contribution in [0, 0.1) is 13.8 Å². The molecule has 9 heteroatoms. The Morgan fingerprint density at radius 1 is 1.46 bits per heavy atom. The summed E-state index contributed by atoms with van der Waals surface area (Å²) in [7, 11) is 1.77. The van der Waals surface area contributed by atoms with Crippen LogP contribution in [-0.4, -0.2) is 44.1 Å². The lowest BCUT2D eigenvalue weighted by Crippen LogP contribution is -2.48. The van der Waals surface area contributed by atoms with Gasteiger partial charge in [-0.15, -0.1) is 11.3 Å². The van der Waals surface area contributed by atoms with Crippen molar-refractivity contribution in [3.8, 4) is 0 Å². The molecule has 1 N–H and O–H groups in total. The predicted octanol–water partition coefficient (Wildman–Crippen LogP) is 2.46. The van der Waals surface area contributed by atoms with Crippen molar-refractivity contribution < 1.29 is 9.59 Å². The third-order valence-corrected chi connectivity index (χ3v) is 5.79. The molecule has 140 valence electrons. The maximum atomic E-state index is 13.3. The molecule has 1 atom stereocenters. The Balaban J connectivity index is 1.97. The standard InChI is InChI=1S/C17H22ClN5O2S/c1-10-15(26-11(2)20-10)17(25)23(9-13-12(18)8-22(3)21-13)14-6-4-5-7-19-16(14)24/h8,14H,4-7,9H2,1-3H3,(H,19,24). The van der Waals surface area contributed by atoms with Gasteiger partial charge in [0, 0.05) is 19.8 Å². The SMILES string of the molecule is Cc1nc(C)c(C(=O)N(Cc2nn(C)cc2Cl)C2CCCCNC2=O)s1. The van der Waals surface area contributed by atoms with Crippen LogP contribution in [0.4, 0.5) is 0 Å². The van der Waals surface area contributed by atoms with Gasteiger partial charge in [-0.05, 0) is 33.1 Å². The predicted molar refractivity (Wildman–Crippen MR) is 100 cm³/mol. The number of halogens is 1. The highest BCUT2D eigenvalue weighted by Crippen LogP contribution is 2.25. The van der Waals surface area contributed by atoms with E-state index in [2.05, 4.69) is 15.4 Å². The summed E-state index contributed by atoms with van der Waals surface area (Å²) in [5, 5.41) is 8.56. The highest BCUT2D eigenvalue weighted by Gasteiger charge is 2.34. The summed E-state index contributed by atoms with van der Waals surface area (Å²) in [5.41, 5.74) is 1.27. The number of thiazole rings is 1. The molecule has 0 radical (unpaired) electrons. The van der Waals surface area contributed by atoms with Crippen molar-refractivity contribution in [3.05, 3.63) is 32.5 Å². The summed E-state index contributed by atoms with van der Waals surface area (Å²) in [5.74, 6) is -0.321. The average Bonchev–Trinajstić information content (AvgIpc) is 2.99. The number of hydrogen-bond donors (Lipinski definition) is 1. The third-order valence-electron chi connectivity index (χ3n) is 4.42. The molecule has 1 fully saturated rings. The van der Waals surface area contributed by atoms with Crippen LogP contribution >= 0.6 is 22.9 Å². The van der Waals surface area contributed by atoms with Crippen LogP contribution in [0.5, 0.6) is 0 Å². The zero-order chi connectivity index (χ0) is 18.8. The molecule has 3 heterocycles. The Kier molecular flexibility index (Phi) is 5.62. The summed E-state index contributed by atoms with van der Waals surface area (Å²) in [6.45, 7) is 4.51. The van der Waals surface area contributed by atoms with Crippen molar-refractivity contribution in [1.29, 1.82) is 0 Å². The number of aryl methyl sites for hydroxylation is 3. The van der Waals surface area contributed by atoms with Crippen LogP contribution in [0.1, 0.15) is 45.3 Å². The summed E-state index contributed by atoms with van der Waals surface area (Å²) in [4.78, 5) is 32.4. The molecular formula is C17H22ClN5O2S. The lowest BCUT2D eigenvalue weighted by Gasteiger charge is -2.29. The fourth-order valence-electron chi connectivity index (χ4n) is 3.18. The lowest BCUT2D eigenvalue weighted by molar-refractivity contribution is -0.125. The van der Waals surface area contributed by atoms with E-state index in [1.807, 2.05) is 13.8 Å². The molecule has 1 aliphatic rings. The number of amides is 2. The number of nitrogens with one attached hydrogen (secondary N) is 1. The number of rotatable bonds is 4. The van der Waals surface area contributed by atoms with E-state index in [0.29, 0.717) is 34.3 Å². The molecule has 1 unspecified atom stereocenters. The van der Waals surface area contributed by atoms with Gasteiger partial charge >= 0.3 is 0 Å². The Bertz CT molecular complexity index is 831. The first-order chi connectivity index (χ1) is 12.4. The lowest BCUT2D eigenvalue weighted by atomic mass is 10.1. The van der Waals surface area contributed by atoms with E-state index in [1.165, 1.54) is 11.3 Å². The van der Waals surface area contributed by atoms with Crippen molar-refractivity contribution in [3.63, 3.8) is 0 Å². The largest absolute Gasteiger partial charge is 0.354 e. The van der Waals surface area contributed by atoms with Crippen molar-refractivity contribution in [2.75, 3.05) is 6.54 Å². The molecule has 0 saturated carbocycles. The first-order valence-corrected chi connectivity index (χ1v) is 9.77. The van der Waals surface area contributed by atoms with Gasteiger partial charge in [0.05, 0.1) is 22.3 Å². The molecule has 2 amide bonds. The minimum absolute atomic E-state index is 0.123. The van der Waals surface area contributed by atoms with E-state index in [4.69, 9.17) is 11.6 Å². The van der Waals surface area contributed by atoms with E-state index in [-0.39, 0.29) is 18.4 Å². The van der Waals surface area contributed by atoms with Crippen LogP contribution in [0.15, 0.2) is 6.20 Å². The number of carbonyl (C=O) groups is 2. The first kappa shape index (κ1) is 18.8. The van der Waals surface area contributed by atoms with E-state index in [9.17, 15) is 9.59 Å². The zero-order valence-corrected chi connectivity index (χ0v) is 16.7. The highest BCUT2D eigenvalue weighted by atomic mass is 35.5. The van der Waals surface area contributed by atoms with Crippen LogP contribution in [0.3, 0.4) is 0 Å². The topological polar surface area (TPSA) is 80.1 Å². The van der Waals surface area contributed by atoms with Crippen molar-refractivity contribution in [1.82, 2.24) is 25.0 Å². The quantitative estimate of drug-likeness (QED) is 0.862.